The van der Waals surface area contributed by atoms with Gasteiger partial charge in [0.2, 0.25) is 0 Å². The Morgan fingerprint density at radius 2 is 2.19 bits per heavy atom. The molecule has 1 N–H and O–H groups in total. The molecule has 1 heterocycles. The number of hydrogen-bond donors (Lipinski definition) is 1. The highest BCUT2D eigenvalue weighted by molar-refractivity contribution is 4.91. The fourth-order valence-corrected chi connectivity index (χ4v) is 2.50. The molecule has 1 aliphatic heterocycles. The molecule has 3 atom stereocenters. The molecule has 1 rings (SSSR count). The van der Waals surface area contributed by atoms with Gasteiger partial charge in [0.05, 0.1) is 6.54 Å². The molecule has 3 heteroatoms. The number of likely N-dealkylation sites (tertiary alicyclic amines) is 1. The fourth-order valence-electron chi connectivity index (χ4n) is 2.50. The van der Waals surface area contributed by atoms with Crippen LogP contribution in [0, 0.1) is 18.3 Å². The number of terminal acetylenes is 1. The maximum Gasteiger partial charge on any atom is 0.0574 e. The van der Waals surface area contributed by atoms with E-state index in [0.717, 1.165) is 12.5 Å². The first kappa shape index (κ1) is 13.5. The summed E-state index contributed by atoms with van der Waals surface area (Å²) in [5.74, 6) is 3.37. The minimum atomic E-state index is 0.570. The van der Waals surface area contributed by atoms with E-state index >= 15 is 0 Å². The molecule has 3 unspecified atom stereocenters. The Balaban J connectivity index is 2.36. The number of likely N-dealkylation sites (N-methyl/N-ethyl adjacent to an activating group) is 1. The Morgan fingerprint density at radius 3 is 2.69 bits per heavy atom. The molecular formula is C13H25N3. The highest BCUT2D eigenvalue weighted by Crippen LogP contribution is 2.21. The van der Waals surface area contributed by atoms with Crippen LogP contribution in [0.1, 0.15) is 13.8 Å². The number of hydrogen-bond acceptors (Lipinski definition) is 3. The average molecular weight is 223 g/mol. The van der Waals surface area contributed by atoms with Gasteiger partial charge in [-0.2, -0.15) is 0 Å². The Bertz CT molecular complexity index is 244. The third kappa shape index (κ3) is 3.48. The standard InChI is InChI=1S/C13H25N3/c1-6-7-14-8-12(3)16-9-11(2)13(10-16)15(4)5/h1,11-14H,7-10H2,2-5H3. The normalized spacial score (nSPS) is 28.2. The van der Waals surface area contributed by atoms with Gasteiger partial charge in [-0.3, -0.25) is 4.90 Å². The highest BCUT2D eigenvalue weighted by Gasteiger charge is 2.32. The maximum atomic E-state index is 5.22. The van der Waals surface area contributed by atoms with Crippen LogP contribution in [0.2, 0.25) is 0 Å². The zero-order chi connectivity index (χ0) is 12.1. The molecule has 0 bridgehead atoms. The third-order valence-corrected chi connectivity index (χ3v) is 3.55. The monoisotopic (exact) mass is 223 g/mol. The van der Waals surface area contributed by atoms with E-state index in [9.17, 15) is 0 Å². The Hall–Kier alpha value is -0.560. The van der Waals surface area contributed by atoms with Crippen molar-refractivity contribution in [1.82, 2.24) is 15.1 Å². The van der Waals surface area contributed by atoms with Crippen molar-refractivity contribution in [2.75, 3.05) is 40.3 Å². The van der Waals surface area contributed by atoms with Crippen LogP contribution >= 0.6 is 0 Å². The molecule has 1 aliphatic rings. The van der Waals surface area contributed by atoms with Gasteiger partial charge in [0.25, 0.3) is 0 Å². The Morgan fingerprint density at radius 1 is 1.50 bits per heavy atom. The predicted octanol–water partition coefficient (Wildman–Crippen LogP) is 0.480. The molecule has 1 fully saturated rings. The van der Waals surface area contributed by atoms with Crippen molar-refractivity contribution >= 4 is 0 Å². The molecule has 0 aromatic heterocycles. The van der Waals surface area contributed by atoms with E-state index in [2.05, 4.69) is 49.0 Å². The number of rotatable bonds is 5. The Kier molecular flexibility index (Phi) is 5.27. The van der Waals surface area contributed by atoms with Gasteiger partial charge in [0.15, 0.2) is 0 Å². The molecular weight excluding hydrogens is 198 g/mol. The van der Waals surface area contributed by atoms with Crippen molar-refractivity contribution in [3.05, 3.63) is 0 Å². The molecule has 0 aliphatic carbocycles. The summed E-state index contributed by atoms with van der Waals surface area (Å²) in [6, 6.07) is 1.26. The quantitative estimate of drug-likeness (QED) is 0.540. The number of nitrogens with zero attached hydrogens (tertiary/aromatic N) is 2. The molecule has 92 valence electrons. The van der Waals surface area contributed by atoms with Gasteiger partial charge in [-0.25, -0.2) is 0 Å². The molecule has 0 aromatic carbocycles. The lowest BCUT2D eigenvalue weighted by atomic mass is 10.1. The van der Waals surface area contributed by atoms with Crippen LogP contribution in [0.25, 0.3) is 0 Å². The first-order chi connectivity index (χ1) is 7.56. The lowest BCUT2D eigenvalue weighted by molar-refractivity contribution is 0.222. The van der Waals surface area contributed by atoms with E-state index in [1.807, 2.05) is 0 Å². The lowest BCUT2D eigenvalue weighted by Gasteiger charge is -2.25. The number of nitrogens with one attached hydrogen (secondary N) is 1. The van der Waals surface area contributed by atoms with Crippen LogP contribution < -0.4 is 5.32 Å². The van der Waals surface area contributed by atoms with Crippen molar-refractivity contribution in [2.24, 2.45) is 5.92 Å². The van der Waals surface area contributed by atoms with Crippen LogP contribution in [-0.4, -0.2) is 62.2 Å². The van der Waals surface area contributed by atoms with E-state index in [4.69, 9.17) is 6.42 Å². The van der Waals surface area contributed by atoms with Crippen molar-refractivity contribution in [3.63, 3.8) is 0 Å². The molecule has 0 amide bonds. The van der Waals surface area contributed by atoms with Crippen molar-refractivity contribution in [1.29, 1.82) is 0 Å². The van der Waals surface area contributed by atoms with Gasteiger partial charge >= 0.3 is 0 Å². The van der Waals surface area contributed by atoms with Gasteiger partial charge in [-0.05, 0) is 26.9 Å². The second kappa shape index (κ2) is 6.24. The highest BCUT2D eigenvalue weighted by atomic mass is 15.3. The van der Waals surface area contributed by atoms with E-state index in [0.29, 0.717) is 18.6 Å². The molecule has 0 radical (unpaired) electrons. The lowest BCUT2D eigenvalue weighted by Crippen LogP contribution is -2.41. The van der Waals surface area contributed by atoms with Crippen LogP contribution in [0.3, 0.4) is 0 Å². The summed E-state index contributed by atoms with van der Waals surface area (Å²) >= 11 is 0. The second-order valence-corrected chi connectivity index (χ2v) is 5.15. The predicted molar refractivity (Wildman–Crippen MR) is 69.4 cm³/mol. The summed E-state index contributed by atoms with van der Waals surface area (Å²) in [5, 5.41) is 3.28. The molecule has 1 saturated heterocycles. The molecule has 3 nitrogen and oxygen atoms in total. The van der Waals surface area contributed by atoms with Gasteiger partial charge in [-0.15, -0.1) is 6.42 Å². The maximum absolute atomic E-state index is 5.22. The largest absolute Gasteiger partial charge is 0.305 e. The summed E-state index contributed by atoms with van der Waals surface area (Å²) < 4.78 is 0. The van der Waals surface area contributed by atoms with Crippen LogP contribution in [-0.2, 0) is 0 Å². The molecule has 16 heavy (non-hydrogen) atoms. The molecule has 0 aromatic rings. The van der Waals surface area contributed by atoms with Crippen molar-refractivity contribution < 1.29 is 0 Å². The second-order valence-electron chi connectivity index (χ2n) is 5.15. The van der Waals surface area contributed by atoms with Gasteiger partial charge in [0, 0.05) is 31.7 Å². The van der Waals surface area contributed by atoms with Crippen molar-refractivity contribution in [2.45, 2.75) is 25.9 Å². The zero-order valence-corrected chi connectivity index (χ0v) is 11.0. The zero-order valence-electron chi connectivity index (χ0n) is 11.0. The fraction of sp³-hybridized carbons (Fsp3) is 0.846. The first-order valence-corrected chi connectivity index (χ1v) is 6.11. The van der Waals surface area contributed by atoms with E-state index in [1.54, 1.807) is 0 Å². The Labute approximate surface area is 100 Å². The minimum Gasteiger partial charge on any atom is -0.305 e. The summed E-state index contributed by atoms with van der Waals surface area (Å²) in [6.07, 6.45) is 5.22. The summed E-state index contributed by atoms with van der Waals surface area (Å²) in [4.78, 5) is 4.89. The smallest absolute Gasteiger partial charge is 0.0574 e. The van der Waals surface area contributed by atoms with Gasteiger partial charge < -0.3 is 10.2 Å². The van der Waals surface area contributed by atoms with E-state index in [1.165, 1.54) is 13.1 Å². The molecule has 0 spiro atoms. The SMILES string of the molecule is C#CCNCC(C)N1CC(C)C(N(C)C)C1. The van der Waals surface area contributed by atoms with Gasteiger partial charge in [-0.1, -0.05) is 12.8 Å². The van der Waals surface area contributed by atoms with Crippen LogP contribution in [0.5, 0.6) is 0 Å². The molecule has 0 saturated carbocycles. The topological polar surface area (TPSA) is 18.5 Å². The van der Waals surface area contributed by atoms with Crippen LogP contribution in [0.4, 0.5) is 0 Å². The van der Waals surface area contributed by atoms with E-state index in [-0.39, 0.29) is 0 Å². The average Bonchev–Trinajstić information content (AvgIpc) is 2.60. The van der Waals surface area contributed by atoms with Gasteiger partial charge in [0.1, 0.15) is 0 Å². The summed E-state index contributed by atoms with van der Waals surface area (Å²) in [7, 11) is 4.35. The summed E-state index contributed by atoms with van der Waals surface area (Å²) in [5.41, 5.74) is 0. The minimum absolute atomic E-state index is 0.570. The third-order valence-electron chi connectivity index (χ3n) is 3.55. The first-order valence-electron chi connectivity index (χ1n) is 6.11. The van der Waals surface area contributed by atoms with E-state index < -0.39 is 0 Å². The summed E-state index contributed by atoms with van der Waals surface area (Å²) in [6.45, 7) is 8.64. The van der Waals surface area contributed by atoms with Crippen LogP contribution in [0.15, 0.2) is 0 Å². The van der Waals surface area contributed by atoms with Crippen molar-refractivity contribution in [3.8, 4) is 12.3 Å².